The highest BCUT2D eigenvalue weighted by Crippen LogP contribution is 2.52. The third-order valence-electron chi connectivity index (χ3n) is 4.34. The van der Waals surface area contributed by atoms with Crippen LogP contribution in [0.25, 0.3) is 0 Å². The molecule has 0 saturated heterocycles. The van der Waals surface area contributed by atoms with E-state index in [0.29, 0.717) is 5.38 Å². The summed E-state index contributed by atoms with van der Waals surface area (Å²) in [5, 5.41) is 0.533. The van der Waals surface area contributed by atoms with E-state index in [9.17, 15) is 0 Å². The summed E-state index contributed by atoms with van der Waals surface area (Å²) in [6.07, 6.45) is 8.81. The van der Waals surface area contributed by atoms with Crippen molar-refractivity contribution < 1.29 is 0 Å². The Bertz CT molecular complexity index is 175. The zero-order chi connectivity index (χ0) is 8.13. The highest BCUT2D eigenvalue weighted by molar-refractivity contribution is 6.20. The van der Waals surface area contributed by atoms with Crippen molar-refractivity contribution in [3.8, 4) is 0 Å². The predicted molar refractivity (Wildman–Crippen MR) is 51.3 cm³/mol. The average molecular weight is 185 g/mol. The molecule has 4 fully saturated rings. The van der Waals surface area contributed by atoms with E-state index >= 15 is 0 Å². The fourth-order valence-electron chi connectivity index (χ4n) is 4.04. The Morgan fingerprint density at radius 2 is 1.17 bits per heavy atom. The van der Waals surface area contributed by atoms with E-state index in [1.54, 1.807) is 0 Å². The van der Waals surface area contributed by atoms with Crippen LogP contribution in [0, 0.1) is 23.7 Å². The van der Waals surface area contributed by atoms with Gasteiger partial charge in [-0.25, -0.2) is 0 Å². The maximum Gasteiger partial charge on any atom is 0.0367 e. The molecule has 0 nitrogen and oxygen atoms in total. The SMILES string of the molecule is Cl[C@H]1CC2C[C@@H]3CC1C[C@H](C2)C3. The summed E-state index contributed by atoms with van der Waals surface area (Å²) >= 11 is 6.41. The van der Waals surface area contributed by atoms with E-state index in [-0.39, 0.29) is 0 Å². The molecule has 5 atom stereocenters. The van der Waals surface area contributed by atoms with Crippen LogP contribution in [0.3, 0.4) is 0 Å². The van der Waals surface area contributed by atoms with Gasteiger partial charge in [0.2, 0.25) is 0 Å². The lowest BCUT2D eigenvalue weighted by Crippen LogP contribution is -2.28. The van der Waals surface area contributed by atoms with Gasteiger partial charge in [0.15, 0.2) is 0 Å². The van der Waals surface area contributed by atoms with Crippen LogP contribution in [0.5, 0.6) is 0 Å². The van der Waals surface area contributed by atoms with Gasteiger partial charge in [0, 0.05) is 5.38 Å². The van der Waals surface area contributed by atoms with Crippen molar-refractivity contribution in [3.05, 3.63) is 0 Å². The molecule has 0 radical (unpaired) electrons. The zero-order valence-corrected chi connectivity index (χ0v) is 8.26. The standard InChI is InChI=1S/C11H17Cl/c12-11-6-9-2-7-1-8(3-9)5-10(11)4-7/h7-11H,1-6H2/t7-,8+,9?,10?,11-/m0/s1. The fraction of sp³-hybridized carbons (Fsp3) is 1.00. The molecule has 0 N–H and O–H groups in total. The molecule has 4 aliphatic carbocycles. The summed E-state index contributed by atoms with van der Waals surface area (Å²) < 4.78 is 0. The molecule has 68 valence electrons. The molecule has 1 heteroatoms. The Hall–Kier alpha value is 0.290. The minimum atomic E-state index is 0.533. The third-order valence-corrected chi connectivity index (χ3v) is 4.88. The van der Waals surface area contributed by atoms with E-state index in [2.05, 4.69) is 0 Å². The van der Waals surface area contributed by atoms with E-state index in [4.69, 9.17) is 11.6 Å². The molecule has 2 unspecified atom stereocenters. The lowest BCUT2D eigenvalue weighted by atomic mass is 9.68. The van der Waals surface area contributed by atoms with Crippen LogP contribution in [0.15, 0.2) is 0 Å². The highest BCUT2D eigenvalue weighted by atomic mass is 35.5. The number of alkyl halides is 1. The number of halogens is 1. The van der Waals surface area contributed by atoms with Crippen LogP contribution in [0.2, 0.25) is 0 Å². The van der Waals surface area contributed by atoms with Crippen LogP contribution in [-0.2, 0) is 0 Å². The second-order valence-corrected chi connectivity index (χ2v) is 5.85. The van der Waals surface area contributed by atoms with Gasteiger partial charge >= 0.3 is 0 Å². The Morgan fingerprint density at radius 3 is 1.75 bits per heavy atom. The minimum Gasteiger partial charge on any atom is -0.123 e. The van der Waals surface area contributed by atoms with Crippen molar-refractivity contribution in [2.75, 3.05) is 0 Å². The van der Waals surface area contributed by atoms with Gasteiger partial charge in [-0.15, -0.1) is 11.6 Å². The minimum absolute atomic E-state index is 0.533. The summed E-state index contributed by atoms with van der Waals surface area (Å²) in [5.41, 5.74) is 0. The largest absolute Gasteiger partial charge is 0.123 e. The molecule has 0 aromatic heterocycles. The van der Waals surface area contributed by atoms with E-state index in [1.165, 1.54) is 38.5 Å². The molecule has 0 heterocycles. The van der Waals surface area contributed by atoms with Gasteiger partial charge in [-0.1, -0.05) is 0 Å². The Kier molecular flexibility index (Phi) is 1.69. The van der Waals surface area contributed by atoms with Gasteiger partial charge in [-0.05, 0) is 62.2 Å². The Labute approximate surface area is 79.7 Å². The van der Waals surface area contributed by atoms with Gasteiger partial charge < -0.3 is 0 Å². The number of fused-ring (bicyclic) bond motifs is 1. The van der Waals surface area contributed by atoms with Gasteiger partial charge in [-0.2, -0.15) is 0 Å². The number of hydrogen-bond donors (Lipinski definition) is 0. The van der Waals surface area contributed by atoms with E-state index in [1.807, 2.05) is 0 Å². The molecule has 4 aliphatic rings. The van der Waals surface area contributed by atoms with Crippen molar-refractivity contribution >= 4 is 11.6 Å². The van der Waals surface area contributed by atoms with E-state index in [0.717, 1.165) is 23.7 Å². The van der Waals surface area contributed by atoms with Crippen molar-refractivity contribution in [2.24, 2.45) is 23.7 Å². The van der Waals surface area contributed by atoms with Crippen LogP contribution in [-0.4, -0.2) is 5.38 Å². The maximum atomic E-state index is 6.41. The van der Waals surface area contributed by atoms with Gasteiger partial charge in [0.25, 0.3) is 0 Å². The normalized spacial score (nSPS) is 57.2. The van der Waals surface area contributed by atoms with Gasteiger partial charge in [0.1, 0.15) is 0 Å². The maximum absolute atomic E-state index is 6.41. The number of hydrogen-bond acceptors (Lipinski definition) is 0. The van der Waals surface area contributed by atoms with Crippen molar-refractivity contribution in [1.29, 1.82) is 0 Å². The predicted octanol–water partition coefficient (Wildman–Crippen LogP) is 3.44. The van der Waals surface area contributed by atoms with Crippen molar-refractivity contribution in [3.63, 3.8) is 0 Å². The lowest BCUT2D eigenvalue weighted by Gasteiger charge is -2.38. The molecule has 4 rings (SSSR count). The molecular weight excluding hydrogens is 168 g/mol. The Morgan fingerprint density at radius 1 is 0.667 bits per heavy atom. The zero-order valence-electron chi connectivity index (χ0n) is 7.51. The quantitative estimate of drug-likeness (QED) is 0.506. The van der Waals surface area contributed by atoms with Gasteiger partial charge in [-0.3, -0.25) is 0 Å². The summed E-state index contributed by atoms with van der Waals surface area (Å²) in [7, 11) is 0. The highest BCUT2D eigenvalue weighted by Gasteiger charge is 2.42. The van der Waals surface area contributed by atoms with Crippen molar-refractivity contribution in [2.45, 2.75) is 43.9 Å². The van der Waals surface area contributed by atoms with Crippen LogP contribution in [0.1, 0.15) is 38.5 Å². The van der Waals surface area contributed by atoms with E-state index < -0.39 is 0 Å². The molecule has 0 amide bonds. The smallest absolute Gasteiger partial charge is 0.0367 e. The molecule has 4 bridgehead atoms. The van der Waals surface area contributed by atoms with Gasteiger partial charge in [0.05, 0.1) is 0 Å². The summed E-state index contributed by atoms with van der Waals surface area (Å²) in [4.78, 5) is 0. The second kappa shape index (κ2) is 2.64. The Balaban J connectivity index is 1.91. The summed E-state index contributed by atoms with van der Waals surface area (Å²) in [6, 6.07) is 0. The molecule has 0 aromatic carbocycles. The molecule has 12 heavy (non-hydrogen) atoms. The monoisotopic (exact) mass is 184 g/mol. The van der Waals surface area contributed by atoms with Crippen LogP contribution in [0.4, 0.5) is 0 Å². The molecule has 4 saturated carbocycles. The summed E-state index contributed by atoms with van der Waals surface area (Å²) in [6.45, 7) is 0. The average Bonchev–Trinajstić information content (AvgIpc) is 2.16. The summed E-state index contributed by atoms with van der Waals surface area (Å²) in [5.74, 6) is 4.03. The third kappa shape index (κ3) is 1.11. The fourth-order valence-corrected chi connectivity index (χ4v) is 4.50. The first-order valence-corrected chi connectivity index (χ1v) is 5.89. The van der Waals surface area contributed by atoms with Crippen LogP contribution < -0.4 is 0 Å². The number of rotatable bonds is 0. The topological polar surface area (TPSA) is 0 Å². The molecule has 0 aromatic rings. The molecule has 0 aliphatic heterocycles. The molecular formula is C11H17Cl. The van der Waals surface area contributed by atoms with Crippen molar-refractivity contribution in [1.82, 2.24) is 0 Å². The van der Waals surface area contributed by atoms with Crippen LogP contribution >= 0.6 is 11.6 Å². The first kappa shape index (κ1) is 7.67. The molecule has 0 spiro atoms. The first-order chi connectivity index (χ1) is 5.81. The lowest BCUT2D eigenvalue weighted by molar-refractivity contribution is 0.134. The first-order valence-electron chi connectivity index (χ1n) is 5.45. The second-order valence-electron chi connectivity index (χ2n) is 5.29.